The average Bonchev–Trinajstić information content (AvgIpc) is 2.78. The molecule has 4 atom stereocenters. The van der Waals surface area contributed by atoms with Crippen molar-refractivity contribution in [1.82, 2.24) is 0 Å². The first-order valence-electron chi connectivity index (χ1n) is 12.3. The quantitative estimate of drug-likeness (QED) is 0.391. The molecule has 2 heteroatoms. The minimum atomic E-state index is -0.428. The van der Waals surface area contributed by atoms with E-state index in [0.717, 1.165) is 54.6 Å². The summed E-state index contributed by atoms with van der Waals surface area (Å²) in [6.45, 7) is 6.03. The maximum Gasteiger partial charge on any atom is 0.134 e. The first-order chi connectivity index (χ1) is 15.1. The fourth-order valence-corrected chi connectivity index (χ4v) is 6.17. The van der Waals surface area contributed by atoms with E-state index in [0.29, 0.717) is 11.5 Å². The Morgan fingerprint density at radius 2 is 1.61 bits per heavy atom. The molecule has 166 valence electrons. The summed E-state index contributed by atoms with van der Waals surface area (Å²) in [5.41, 5.74) is 2.73. The molecule has 2 aromatic rings. The van der Waals surface area contributed by atoms with Crippen molar-refractivity contribution in [3.8, 4) is 11.1 Å². The van der Waals surface area contributed by atoms with Gasteiger partial charge in [-0.05, 0) is 97.4 Å². The van der Waals surface area contributed by atoms with Gasteiger partial charge in [0.1, 0.15) is 11.6 Å². The highest BCUT2D eigenvalue weighted by atomic mass is 19.1. The number of allylic oxidation sites excluding steroid dienone is 1. The molecular weight excluding hydrogens is 386 g/mol. The van der Waals surface area contributed by atoms with Crippen LogP contribution in [0, 0.1) is 29.4 Å². The molecule has 0 saturated heterocycles. The van der Waals surface area contributed by atoms with E-state index in [1.807, 2.05) is 30.3 Å². The summed E-state index contributed by atoms with van der Waals surface area (Å²) < 4.78 is 30.1. The van der Waals surface area contributed by atoms with Gasteiger partial charge in [-0.1, -0.05) is 56.5 Å². The van der Waals surface area contributed by atoms with Crippen molar-refractivity contribution < 1.29 is 8.78 Å². The second-order valence-corrected chi connectivity index (χ2v) is 9.88. The van der Waals surface area contributed by atoms with Gasteiger partial charge in [0.2, 0.25) is 0 Å². The maximum absolute atomic E-state index is 15.1. The fraction of sp³-hybridized carbons (Fsp3) is 0.517. The lowest BCUT2D eigenvalue weighted by atomic mass is 9.63. The van der Waals surface area contributed by atoms with Crippen molar-refractivity contribution in [2.75, 3.05) is 0 Å². The molecule has 4 unspecified atom stereocenters. The molecule has 2 fully saturated rings. The minimum Gasteiger partial charge on any atom is -0.206 e. The summed E-state index contributed by atoms with van der Waals surface area (Å²) in [6, 6.07) is 10.8. The third-order valence-corrected chi connectivity index (χ3v) is 7.83. The number of rotatable bonds is 7. The van der Waals surface area contributed by atoms with Crippen molar-refractivity contribution in [3.63, 3.8) is 0 Å². The van der Waals surface area contributed by atoms with E-state index in [-0.39, 0.29) is 5.56 Å². The standard InChI is InChI=1S/C29H36F2/c1-3-5-7-20-8-11-22(12-9-20)29-27(30)18-26(19-28(29)31)25-15-14-23-16-21(6-4-2)10-13-24(23)17-25/h3,8-9,11-12,18-19,21,23-25H,1,4-7,10,13-17H2,2H3. The van der Waals surface area contributed by atoms with Crippen LogP contribution in [0.3, 0.4) is 0 Å². The zero-order chi connectivity index (χ0) is 21.8. The van der Waals surface area contributed by atoms with Crippen LogP contribution in [0.2, 0.25) is 0 Å². The van der Waals surface area contributed by atoms with Gasteiger partial charge in [0, 0.05) is 0 Å². The Bertz CT molecular complexity index is 859. The number of aryl methyl sites for hydroxylation is 1. The highest BCUT2D eigenvalue weighted by Crippen LogP contribution is 2.48. The number of benzene rings is 2. The van der Waals surface area contributed by atoms with E-state index < -0.39 is 11.6 Å². The summed E-state index contributed by atoms with van der Waals surface area (Å²) in [6.07, 6.45) is 13.7. The first kappa shape index (κ1) is 22.2. The summed E-state index contributed by atoms with van der Waals surface area (Å²) in [4.78, 5) is 0. The van der Waals surface area contributed by atoms with Crippen LogP contribution in [0.1, 0.15) is 81.8 Å². The summed E-state index contributed by atoms with van der Waals surface area (Å²) in [5.74, 6) is 1.91. The Balaban J connectivity index is 1.47. The average molecular weight is 423 g/mol. The molecule has 0 N–H and O–H groups in total. The monoisotopic (exact) mass is 422 g/mol. The van der Waals surface area contributed by atoms with Crippen LogP contribution in [0.4, 0.5) is 8.78 Å². The smallest absolute Gasteiger partial charge is 0.134 e. The van der Waals surface area contributed by atoms with Crippen LogP contribution in [0.15, 0.2) is 49.1 Å². The highest BCUT2D eigenvalue weighted by Gasteiger charge is 2.36. The van der Waals surface area contributed by atoms with Crippen LogP contribution < -0.4 is 0 Å². The van der Waals surface area contributed by atoms with Crippen LogP contribution in [-0.2, 0) is 6.42 Å². The van der Waals surface area contributed by atoms with Crippen LogP contribution in [0.25, 0.3) is 11.1 Å². The molecule has 31 heavy (non-hydrogen) atoms. The van der Waals surface area contributed by atoms with Gasteiger partial charge >= 0.3 is 0 Å². The van der Waals surface area contributed by atoms with Crippen molar-refractivity contribution in [2.45, 2.75) is 77.0 Å². The largest absolute Gasteiger partial charge is 0.206 e. The second-order valence-electron chi connectivity index (χ2n) is 9.88. The molecule has 0 aliphatic heterocycles. The number of hydrogen-bond donors (Lipinski definition) is 0. The molecule has 0 bridgehead atoms. The summed E-state index contributed by atoms with van der Waals surface area (Å²) >= 11 is 0. The molecule has 0 aromatic heterocycles. The second kappa shape index (κ2) is 10.1. The fourth-order valence-electron chi connectivity index (χ4n) is 6.17. The van der Waals surface area contributed by atoms with Crippen molar-refractivity contribution >= 4 is 0 Å². The SMILES string of the molecule is C=CCCc1ccc(-c2c(F)cc(C3CCC4CC(CCC)CCC4C3)cc2F)cc1. The molecule has 4 rings (SSSR count). The zero-order valence-corrected chi connectivity index (χ0v) is 18.9. The Morgan fingerprint density at radius 3 is 2.29 bits per heavy atom. The lowest BCUT2D eigenvalue weighted by Gasteiger charge is -2.42. The van der Waals surface area contributed by atoms with Gasteiger partial charge in [0.25, 0.3) is 0 Å². The van der Waals surface area contributed by atoms with Crippen LogP contribution in [-0.4, -0.2) is 0 Å². The number of fused-ring (bicyclic) bond motifs is 1. The molecule has 0 spiro atoms. The van der Waals surface area contributed by atoms with E-state index in [1.165, 1.54) is 38.5 Å². The first-order valence-corrected chi connectivity index (χ1v) is 12.3. The summed E-state index contributed by atoms with van der Waals surface area (Å²) in [7, 11) is 0. The van der Waals surface area contributed by atoms with Crippen molar-refractivity contribution in [1.29, 1.82) is 0 Å². The Labute approximate surface area is 186 Å². The van der Waals surface area contributed by atoms with E-state index in [1.54, 1.807) is 12.1 Å². The van der Waals surface area contributed by atoms with Gasteiger partial charge in [-0.3, -0.25) is 0 Å². The predicted molar refractivity (Wildman–Crippen MR) is 126 cm³/mol. The van der Waals surface area contributed by atoms with Gasteiger partial charge in [-0.15, -0.1) is 6.58 Å². The lowest BCUT2D eigenvalue weighted by molar-refractivity contribution is 0.114. The van der Waals surface area contributed by atoms with Gasteiger partial charge in [0.15, 0.2) is 0 Å². The third-order valence-electron chi connectivity index (χ3n) is 7.83. The molecule has 2 aliphatic rings. The predicted octanol–water partition coefficient (Wildman–Crippen LogP) is 8.85. The molecule has 2 saturated carbocycles. The normalized spacial score (nSPS) is 25.8. The highest BCUT2D eigenvalue weighted by molar-refractivity contribution is 5.65. The van der Waals surface area contributed by atoms with Gasteiger partial charge in [-0.25, -0.2) is 8.78 Å². The maximum atomic E-state index is 15.1. The minimum absolute atomic E-state index is 0.104. The van der Waals surface area contributed by atoms with Crippen molar-refractivity contribution in [2.24, 2.45) is 17.8 Å². The molecule has 0 nitrogen and oxygen atoms in total. The molecule has 2 aliphatic carbocycles. The Kier molecular flexibility index (Phi) is 7.25. The number of hydrogen-bond acceptors (Lipinski definition) is 0. The van der Waals surface area contributed by atoms with Gasteiger partial charge in [0.05, 0.1) is 5.56 Å². The molecule has 0 radical (unpaired) electrons. The van der Waals surface area contributed by atoms with Crippen molar-refractivity contribution in [3.05, 3.63) is 71.8 Å². The van der Waals surface area contributed by atoms with E-state index >= 15 is 8.78 Å². The number of halogens is 2. The zero-order valence-electron chi connectivity index (χ0n) is 18.9. The summed E-state index contributed by atoms with van der Waals surface area (Å²) in [5, 5.41) is 0. The molecule has 0 amide bonds. The molecule has 2 aromatic carbocycles. The molecule has 0 heterocycles. The third kappa shape index (κ3) is 5.10. The van der Waals surface area contributed by atoms with Gasteiger partial charge in [-0.2, -0.15) is 0 Å². The van der Waals surface area contributed by atoms with Gasteiger partial charge < -0.3 is 0 Å². The lowest BCUT2D eigenvalue weighted by Crippen LogP contribution is -2.30. The van der Waals surface area contributed by atoms with E-state index in [4.69, 9.17) is 0 Å². The van der Waals surface area contributed by atoms with Crippen LogP contribution in [0.5, 0.6) is 0 Å². The van der Waals surface area contributed by atoms with E-state index in [9.17, 15) is 0 Å². The topological polar surface area (TPSA) is 0 Å². The van der Waals surface area contributed by atoms with E-state index in [2.05, 4.69) is 13.5 Å². The van der Waals surface area contributed by atoms with Crippen LogP contribution >= 0.6 is 0 Å². The molecular formula is C29H36F2. The Hall–Kier alpha value is -1.96. The Morgan fingerprint density at radius 1 is 0.935 bits per heavy atom.